The summed E-state index contributed by atoms with van der Waals surface area (Å²) in [5, 5.41) is 11.6. The summed E-state index contributed by atoms with van der Waals surface area (Å²) in [6.45, 7) is 0.452. The number of Topliss-reactive ketones (excluding diaryl/α,β-unsaturated/α-hetero) is 1. The van der Waals surface area contributed by atoms with E-state index in [-0.39, 0.29) is 23.3 Å². The molecule has 2 aromatic heterocycles. The maximum atomic E-state index is 13.6. The van der Waals surface area contributed by atoms with Gasteiger partial charge in [0.2, 0.25) is 0 Å². The Hall–Kier alpha value is -3.81. The molecule has 0 aliphatic heterocycles. The van der Waals surface area contributed by atoms with Gasteiger partial charge in [-0.15, -0.1) is 5.10 Å². The van der Waals surface area contributed by atoms with Crippen LogP contribution in [0.15, 0.2) is 59.7 Å². The molecule has 196 valence electrons. The predicted molar refractivity (Wildman–Crippen MR) is 145 cm³/mol. The highest BCUT2D eigenvalue weighted by Gasteiger charge is 2.31. The van der Waals surface area contributed by atoms with Crippen molar-refractivity contribution in [3.8, 4) is 16.8 Å². The van der Waals surface area contributed by atoms with Crippen molar-refractivity contribution >= 4 is 5.78 Å². The van der Waals surface area contributed by atoms with E-state index in [1.165, 1.54) is 12.8 Å². The highest BCUT2D eigenvalue weighted by atomic mass is 16.2. The first-order valence-corrected chi connectivity index (χ1v) is 14.0. The van der Waals surface area contributed by atoms with E-state index in [0.717, 1.165) is 79.4 Å². The third kappa shape index (κ3) is 4.87. The number of para-hydroxylation sites is 1. The fraction of sp³-hybridized carbons (Fsp3) is 0.433. The van der Waals surface area contributed by atoms with Crippen molar-refractivity contribution < 1.29 is 4.79 Å². The number of rotatable bonds is 7. The van der Waals surface area contributed by atoms with E-state index in [4.69, 9.17) is 0 Å². The van der Waals surface area contributed by atoms with Crippen molar-refractivity contribution in [3.63, 3.8) is 0 Å². The van der Waals surface area contributed by atoms with Gasteiger partial charge in [-0.2, -0.15) is 4.68 Å². The van der Waals surface area contributed by atoms with Gasteiger partial charge in [0.1, 0.15) is 12.0 Å². The summed E-state index contributed by atoms with van der Waals surface area (Å²) in [7, 11) is 0. The largest absolute Gasteiger partial charge is 0.326 e. The second kappa shape index (κ2) is 10.9. The molecule has 0 unspecified atom stereocenters. The SMILES string of the molecule is O=C(c1[nH]c(=O)n(Cc2ccc(-c3ccccc3-n3cnnn3)cc2)c1C1CCCCC1)C1CCCCC1. The van der Waals surface area contributed by atoms with E-state index in [9.17, 15) is 9.59 Å². The summed E-state index contributed by atoms with van der Waals surface area (Å²) in [5.74, 6) is 0.445. The summed E-state index contributed by atoms with van der Waals surface area (Å²) in [4.78, 5) is 29.9. The van der Waals surface area contributed by atoms with Crippen LogP contribution in [0.3, 0.4) is 0 Å². The van der Waals surface area contributed by atoms with Crippen LogP contribution in [0.5, 0.6) is 0 Å². The van der Waals surface area contributed by atoms with Crippen LogP contribution in [0.25, 0.3) is 16.8 Å². The van der Waals surface area contributed by atoms with Crippen molar-refractivity contribution in [2.45, 2.75) is 76.7 Å². The highest BCUT2D eigenvalue weighted by molar-refractivity contribution is 5.97. The second-order valence-electron chi connectivity index (χ2n) is 10.8. The van der Waals surface area contributed by atoms with Crippen LogP contribution in [0.2, 0.25) is 0 Å². The molecule has 2 aliphatic carbocycles. The van der Waals surface area contributed by atoms with E-state index >= 15 is 0 Å². The van der Waals surface area contributed by atoms with Crippen molar-refractivity contribution in [1.29, 1.82) is 0 Å². The molecule has 0 spiro atoms. The van der Waals surface area contributed by atoms with E-state index in [1.54, 1.807) is 11.0 Å². The standard InChI is InChI=1S/C30H34N6O2/c37-29(24-11-5-2-6-12-24)27-28(23-9-3-1-4-10-23)35(30(38)32-27)19-21-15-17-22(18-16-21)25-13-7-8-14-26(25)36-20-31-33-34-36/h7-8,13-18,20,23-24H,1-6,9-12,19H2,(H,32,38). The number of aromatic nitrogens is 6. The topological polar surface area (TPSA) is 98.5 Å². The number of carbonyl (C=O) groups is 1. The van der Waals surface area contributed by atoms with Crippen LogP contribution in [-0.2, 0) is 6.54 Å². The molecule has 4 aromatic rings. The predicted octanol–water partition coefficient (Wildman–Crippen LogP) is 5.68. The number of imidazole rings is 1. The number of benzene rings is 2. The quantitative estimate of drug-likeness (QED) is 0.323. The van der Waals surface area contributed by atoms with Gasteiger partial charge in [-0.3, -0.25) is 9.36 Å². The van der Waals surface area contributed by atoms with Crippen LogP contribution in [0, 0.1) is 5.92 Å². The molecule has 2 fully saturated rings. The number of hydrogen-bond acceptors (Lipinski definition) is 5. The normalized spacial score (nSPS) is 17.1. The minimum Gasteiger partial charge on any atom is -0.303 e. The van der Waals surface area contributed by atoms with Gasteiger partial charge in [0, 0.05) is 17.4 Å². The molecule has 2 heterocycles. The molecule has 0 amide bonds. The number of nitrogens with zero attached hydrogens (tertiary/aromatic N) is 5. The lowest BCUT2D eigenvalue weighted by Gasteiger charge is -2.25. The van der Waals surface area contributed by atoms with Crippen LogP contribution >= 0.6 is 0 Å². The second-order valence-corrected chi connectivity index (χ2v) is 10.8. The van der Waals surface area contributed by atoms with E-state index in [0.29, 0.717) is 12.2 Å². The molecular formula is C30H34N6O2. The van der Waals surface area contributed by atoms with Crippen molar-refractivity contribution in [2.75, 3.05) is 0 Å². The summed E-state index contributed by atoms with van der Waals surface area (Å²) >= 11 is 0. The number of aromatic amines is 1. The third-order valence-corrected chi connectivity index (χ3v) is 8.34. The molecule has 6 rings (SSSR count). The van der Waals surface area contributed by atoms with Crippen LogP contribution in [0.1, 0.15) is 91.9 Å². The van der Waals surface area contributed by atoms with Crippen LogP contribution < -0.4 is 5.69 Å². The molecule has 2 saturated carbocycles. The number of ketones is 1. The number of H-pyrrole nitrogens is 1. The first-order chi connectivity index (χ1) is 18.7. The molecule has 2 aliphatic rings. The van der Waals surface area contributed by atoms with E-state index in [2.05, 4.69) is 44.8 Å². The first-order valence-electron chi connectivity index (χ1n) is 14.0. The number of tetrazole rings is 1. The maximum absolute atomic E-state index is 13.6. The average Bonchev–Trinajstić information content (AvgIpc) is 3.63. The number of hydrogen-bond donors (Lipinski definition) is 1. The lowest BCUT2D eigenvalue weighted by atomic mass is 9.81. The molecule has 2 aromatic carbocycles. The van der Waals surface area contributed by atoms with Crippen LogP contribution in [-0.4, -0.2) is 35.5 Å². The Morgan fingerprint density at radius 2 is 1.61 bits per heavy atom. The third-order valence-electron chi connectivity index (χ3n) is 8.34. The van der Waals surface area contributed by atoms with E-state index < -0.39 is 0 Å². The van der Waals surface area contributed by atoms with Gasteiger partial charge in [0.05, 0.1) is 17.9 Å². The Labute approximate surface area is 222 Å². The van der Waals surface area contributed by atoms with Gasteiger partial charge in [0.15, 0.2) is 5.78 Å². The summed E-state index contributed by atoms with van der Waals surface area (Å²) in [6, 6.07) is 16.3. The zero-order chi connectivity index (χ0) is 25.9. The van der Waals surface area contributed by atoms with Crippen molar-refractivity contribution in [1.82, 2.24) is 29.8 Å². The molecule has 0 bridgehead atoms. The molecule has 0 atom stereocenters. The van der Waals surface area contributed by atoms with Gasteiger partial charge >= 0.3 is 5.69 Å². The Kier molecular flexibility index (Phi) is 7.03. The fourth-order valence-electron chi connectivity index (χ4n) is 6.36. The van der Waals surface area contributed by atoms with Crippen molar-refractivity contribution in [2.24, 2.45) is 5.92 Å². The van der Waals surface area contributed by atoms with Crippen LogP contribution in [0.4, 0.5) is 0 Å². The lowest BCUT2D eigenvalue weighted by Crippen LogP contribution is -2.23. The molecule has 38 heavy (non-hydrogen) atoms. The number of carbonyl (C=O) groups excluding carboxylic acids is 1. The van der Waals surface area contributed by atoms with Gasteiger partial charge in [-0.05, 0) is 53.3 Å². The average molecular weight is 511 g/mol. The van der Waals surface area contributed by atoms with Gasteiger partial charge < -0.3 is 4.98 Å². The molecule has 0 radical (unpaired) electrons. The lowest BCUT2D eigenvalue weighted by molar-refractivity contribution is 0.0882. The zero-order valence-electron chi connectivity index (χ0n) is 21.7. The van der Waals surface area contributed by atoms with E-state index in [1.807, 2.05) is 28.8 Å². The smallest absolute Gasteiger partial charge is 0.303 e. The maximum Gasteiger partial charge on any atom is 0.326 e. The Balaban J connectivity index is 1.32. The summed E-state index contributed by atoms with van der Waals surface area (Å²) < 4.78 is 3.50. The summed E-state index contributed by atoms with van der Waals surface area (Å²) in [6.07, 6.45) is 12.5. The molecule has 0 saturated heterocycles. The minimum atomic E-state index is -0.169. The first kappa shape index (κ1) is 24.5. The van der Waals surface area contributed by atoms with Crippen molar-refractivity contribution in [3.05, 3.63) is 82.3 Å². The number of nitrogens with one attached hydrogen (secondary N) is 1. The molecule has 1 N–H and O–H groups in total. The fourth-order valence-corrected chi connectivity index (χ4v) is 6.36. The van der Waals surface area contributed by atoms with Gasteiger partial charge in [-0.1, -0.05) is 81.0 Å². The van der Waals surface area contributed by atoms with Gasteiger partial charge in [0.25, 0.3) is 0 Å². The van der Waals surface area contributed by atoms with Gasteiger partial charge in [-0.25, -0.2) is 4.79 Å². The molecular weight excluding hydrogens is 476 g/mol. The Morgan fingerprint density at radius 3 is 2.32 bits per heavy atom. The zero-order valence-corrected chi connectivity index (χ0v) is 21.7. The monoisotopic (exact) mass is 510 g/mol. The molecule has 8 heteroatoms. The summed E-state index contributed by atoms with van der Waals surface area (Å²) in [5.41, 5.74) is 5.35. The Bertz CT molecular complexity index is 1440. The minimum absolute atomic E-state index is 0.0390. The Morgan fingerprint density at radius 1 is 0.895 bits per heavy atom. The highest BCUT2D eigenvalue weighted by Crippen LogP contribution is 2.36. The molecule has 8 nitrogen and oxygen atoms in total.